The predicted molar refractivity (Wildman–Crippen MR) is 119 cm³/mol. The molecule has 1 fully saturated rings. The number of hydrogen-bond acceptors (Lipinski definition) is 5. The fourth-order valence-electron chi connectivity index (χ4n) is 4.75. The molecule has 0 bridgehead atoms. The van der Waals surface area contributed by atoms with Gasteiger partial charge in [-0.1, -0.05) is 26.2 Å². The maximum absolute atomic E-state index is 13.2. The van der Waals surface area contributed by atoms with Crippen molar-refractivity contribution >= 4 is 17.5 Å². The number of carbonyl (C=O) groups is 2. The van der Waals surface area contributed by atoms with E-state index in [0.717, 1.165) is 31.2 Å². The van der Waals surface area contributed by atoms with E-state index in [-0.39, 0.29) is 24.6 Å². The quantitative estimate of drug-likeness (QED) is 0.764. The van der Waals surface area contributed by atoms with E-state index in [1.165, 1.54) is 6.42 Å². The third-order valence-corrected chi connectivity index (χ3v) is 6.51. The number of fused-ring (bicyclic) bond motifs is 2. The van der Waals surface area contributed by atoms with E-state index < -0.39 is 6.10 Å². The van der Waals surface area contributed by atoms with Gasteiger partial charge in [0.05, 0.1) is 0 Å². The third kappa shape index (κ3) is 3.99. The molecule has 0 saturated heterocycles. The van der Waals surface area contributed by atoms with E-state index in [1.807, 2.05) is 30.0 Å². The largest absolute Gasteiger partial charge is 0.480 e. The number of carbonyl (C=O) groups excluding carboxylic acids is 2. The Kier molecular flexibility index (Phi) is 5.64. The van der Waals surface area contributed by atoms with Crippen LogP contribution in [0.1, 0.15) is 61.4 Å². The molecule has 2 aromatic carbocycles. The number of anilines is 1. The third-order valence-electron chi connectivity index (χ3n) is 6.51. The van der Waals surface area contributed by atoms with Gasteiger partial charge in [0.1, 0.15) is 5.75 Å². The van der Waals surface area contributed by atoms with Crippen LogP contribution in [0.2, 0.25) is 0 Å². The summed E-state index contributed by atoms with van der Waals surface area (Å²) in [5.74, 6) is 1.76. The highest BCUT2D eigenvalue weighted by Crippen LogP contribution is 2.34. The molecule has 2 amide bonds. The molecule has 2 aliphatic heterocycles. The van der Waals surface area contributed by atoms with Crippen LogP contribution in [-0.2, 0) is 11.3 Å². The summed E-state index contributed by atoms with van der Waals surface area (Å²) in [6.07, 6.45) is 5.79. The molecule has 3 aliphatic rings. The molecular weight excluding hydrogens is 408 g/mol. The van der Waals surface area contributed by atoms with Crippen LogP contribution in [0, 0.1) is 0 Å². The zero-order valence-corrected chi connectivity index (χ0v) is 18.3. The molecule has 168 valence electrons. The molecule has 2 aromatic rings. The molecule has 1 saturated carbocycles. The molecule has 1 aliphatic carbocycles. The average Bonchev–Trinajstić information content (AvgIpc) is 3.24. The van der Waals surface area contributed by atoms with Gasteiger partial charge in [-0.2, -0.15) is 0 Å². The molecule has 0 aromatic heterocycles. The maximum Gasteiger partial charge on any atom is 0.264 e. The predicted octanol–water partition coefficient (Wildman–Crippen LogP) is 4.50. The smallest absolute Gasteiger partial charge is 0.264 e. The van der Waals surface area contributed by atoms with Crippen LogP contribution in [0.5, 0.6) is 17.2 Å². The molecule has 0 unspecified atom stereocenters. The van der Waals surface area contributed by atoms with Gasteiger partial charge >= 0.3 is 0 Å². The van der Waals surface area contributed by atoms with E-state index in [2.05, 4.69) is 5.32 Å². The monoisotopic (exact) mass is 436 g/mol. The van der Waals surface area contributed by atoms with Crippen molar-refractivity contribution in [3.8, 4) is 17.2 Å². The van der Waals surface area contributed by atoms with Crippen LogP contribution < -0.4 is 19.5 Å². The van der Waals surface area contributed by atoms with Crippen LogP contribution in [0.15, 0.2) is 36.4 Å². The maximum atomic E-state index is 13.2. The lowest BCUT2D eigenvalue weighted by Gasteiger charge is -2.34. The van der Waals surface area contributed by atoms with Gasteiger partial charge in [-0.15, -0.1) is 0 Å². The van der Waals surface area contributed by atoms with E-state index in [1.54, 1.807) is 18.2 Å². The summed E-state index contributed by atoms with van der Waals surface area (Å²) in [6, 6.07) is 11.0. The Bertz CT molecular complexity index is 1030. The number of benzene rings is 2. The van der Waals surface area contributed by atoms with Crippen LogP contribution in [0.4, 0.5) is 5.69 Å². The van der Waals surface area contributed by atoms with Gasteiger partial charge in [-0.25, -0.2) is 0 Å². The Labute approximate surface area is 187 Å². The van der Waals surface area contributed by atoms with Gasteiger partial charge in [-0.3, -0.25) is 9.59 Å². The minimum absolute atomic E-state index is 0.0709. The molecule has 5 rings (SSSR count). The molecule has 2 heterocycles. The van der Waals surface area contributed by atoms with E-state index in [0.29, 0.717) is 41.5 Å². The number of amides is 2. The van der Waals surface area contributed by atoms with Crippen molar-refractivity contribution in [3.05, 3.63) is 47.5 Å². The summed E-state index contributed by atoms with van der Waals surface area (Å²) >= 11 is 0. The first-order valence-electron chi connectivity index (χ1n) is 11.4. The zero-order chi connectivity index (χ0) is 22.1. The number of nitrogens with one attached hydrogen (secondary N) is 1. The molecular formula is C25H28N2O5. The van der Waals surface area contributed by atoms with Crippen molar-refractivity contribution in [2.24, 2.45) is 0 Å². The first-order chi connectivity index (χ1) is 15.6. The number of rotatable bonds is 4. The van der Waals surface area contributed by atoms with Crippen molar-refractivity contribution in [3.63, 3.8) is 0 Å². The van der Waals surface area contributed by atoms with Crippen LogP contribution in [0.25, 0.3) is 0 Å². The summed E-state index contributed by atoms with van der Waals surface area (Å²) in [5.41, 5.74) is 2.08. The SMILES string of the molecule is CC[C@@H]1Oc2ccc(NC(=O)c3ccc4c(c3)OCO4)cc2CN(C2CCCCC2)C1=O. The molecule has 32 heavy (non-hydrogen) atoms. The summed E-state index contributed by atoms with van der Waals surface area (Å²) in [6.45, 7) is 2.65. The number of nitrogens with zero attached hydrogens (tertiary/aromatic N) is 1. The lowest BCUT2D eigenvalue weighted by molar-refractivity contribution is -0.141. The highest BCUT2D eigenvalue weighted by molar-refractivity contribution is 6.04. The fraction of sp³-hybridized carbons (Fsp3) is 0.440. The van der Waals surface area contributed by atoms with Crippen molar-refractivity contribution in [1.82, 2.24) is 4.90 Å². The van der Waals surface area contributed by atoms with E-state index in [4.69, 9.17) is 14.2 Å². The summed E-state index contributed by atoms with van der Waals surface area (Å²) in [7, 11) is 0. The average molecular weight is 437 g/mol. The normalized spacial score (nSPS) is 20.3. The second kappa shape index (κ2) is 8.73. The van der Waals surface area contributed by atoms with Crippen molar-refractivity contribution in [1.29, 1.82) is 0 Å². The van der Waals surface area contributed by atoms with Crippen molar-refractivity contribution < 1.29 is 23.8 Å². The second-order valence-corrected chi connectivity index (χ2v) is 8.62. The van der Waals surface area contributed by atoms with Gasteiger partial charge in [0, 0.05) is 29.4 Å². The van der Waals surface area contributed by atoms with Gasteiger partial charge < -0.3 is 24.4 Å². The summed E-state index contributed by atoms with van der Waals surface area (Å²) < 4.78 is 16.8. The van der Waals surface area contributed by atoms with Gasteiger partial charge in [0.2, 0.25) is 6.79 Å². The van der Waals surface area contributed by atoms with Gasteiger partial charge in [-0.05, 0) is 55.7 Å². The number of ether oxygens (including phenoxy) is 3. The Morgan fingerprint density at radius 1 is 1.03 bits per heavy atom. The molecule has 1 N–H and O–H groups in total. The molecule has 7 heteroatoms. The van der Waals surface area contributed by atoms with E-state index >= 15 is 0 Å². The minimum atomic E-state index is -0.466. The topological polar surface area (TPSA) is 77.1 Å². The van der Waals surface area contributed by atoms with Crippen LogP contribution >= 0.6 is 0 Å². The Morgan fingerprint density at radius 2 is 1.81 bits per heavy atom. The first kappa shape index (κ1) is 20.7. The lowest BCUT2D eigenvalue weighted by Crippen LogP contribution is -2.45. The Morgan fingerprint density at radius 3 is 2.62 bits per heavy atom. The summed E-state index contributed by atoms with van der Waals surface area (Å²) in [5, 5.41) is 2.96. The lowest BCUT2D eigenvalue weighted by atomic mass is 9.93. The van der Waals surface area contributed by atoms with Crippen LogP contribution in [-0.4, -0.2) is 35.7 Å². The van der Waals surface area contributed by atoms with Gasteiger partial charge in [0.25, 0.3) is 11.8 Å². The standard InChI is InChI=1S/C25H28N2O5/c1-2-20-25(29)27(19-6-4-3-5-7-19)14-17-12-18(9-11-21(17)32-20)26-24(28)16-8-10-22-23(13-16)31-15-30-22/h8-13,19-20H,2-7,14-15H2,1H3,(H,26,28)/t20-/m0/s1. The molecule has 1 atom stereocenters. The fourth-order valence-corrected chi connectivity index (χ4v) is 4.75. The molecule has 0 spiro atoms. The van der Waals surface area contributed by atoms with Crippen molar-refractivity contribution in [2.75, 3.05) is 12.1 Å². The minimum Gasteiger partial charge on any atom is -0.480 e. The second-order valence-electron chi connectivity index (χ2n) is 8.62. The van der Waals surface area contributed by atoms with Gasteiger partial charge in [0.15, 0.2) is 17.6 Å². The highest BCUT2D eigenvalue weighted by atomic mass is 16.7. The molecule has 7 nitrogen and oxygen atoms in total. The first-order valence-corrected chi connectivity index (χ1v) is 11.4. The van der Waals surface area contributed by atoms with E-state index in [9.17, 15) is 9.59 Å². The summed E-state index contributed by atoms with van der Waals surface area (Å²) in [4.78, 5) is 28.0. The number of hydrogen-bond donors (Lipinski definition) is 1. The zero-order valence-electron chi connectivity index (χ0n) is 18.3. The highest BCUT2D eigenvalue weighted by Gasteiger charge is 2.34. The Balaban J connectivity index is 1.38. The Hall–Kier alpha value is -3.22. The molecule has 0 radical (unpaired) electrons. The van der Waals surface area contributed by atoms with Crippen LogP contribution in [0.3, 0.4) is 0 Å². The van der Waals surface area contributed by atoms with Crippen molar-refractivity contribution in [2.45, 2.75) is 64.1 Å².